The number of phenolic OH excluding ortho intramolecular Hbond substituents is 2. The smallest absolute Gasteiger partial charge is 0.549 e. The first-order chi connectivity index (χ1) is 51.5. The monoisotopic (exact) mass is 1650 g/mol. The molecule has 109 heavy (non-hydrogen) atoms. The summed E-state index contributed by atoms with van der Waals surface area (Å²) < 4.78 is 0. The third-order valence-electron chi connectivity index (χ3n) is 17.8. The number of carbonyl (C=O) groups is 12. The largest absolute Gasteiger partial charge is 3.00 e. The molecule has 7 rings (SSSR count). The second-order valence-electron chi connectivity index (χ2n) is 26.1. The van der Waals surface area contributed by atoms with E-state index in [-0.39, 0.29) is 140 Å². The molecule has 5 aromatic rings. The van der Waals surface area contributed by atoms with Gasteiger partial charge < -0.3 is 104 Å². The average molecular weight is 1650 g/mol. The predicted molar refractivity (Wildman–Crippen MR) is 393 cm³/mol. The van der Waals surface area contributed by atoms with E-state index in [0.717, 1.165) is 33.7 Å². The predicted octanol–water partition coefficient (Wildman–Crippen LogP) is -6.88. The number of nitrogens with zero attached hydrogens (tertiary/aromatic N) is 5. The van der Waals surface area contributed by atoms with Crippen molar-refractivity contribution in [1.82, 2.24) is 67.1 Å². The van der Waals surface area contributed by atoms with Gasteiger partial charge in [0.25, 0.3) is 5.69 Å². The summed E-state index contributed by atoms with van der Waals surface area (Å²) in [6.07, 6.45) is -0.863. The Morgan fingerprint density at radius 2 is 1.06 bits per heavy atom. The van der Waals surface area contributed by atoms with E-state index in [2.05, 4.69) is 47.5 Å². The standard InChI is InChI=1S/C70H92N16O20S2.In/c1-41(87)62-70(104)80-57(68(102)76-52(63(72)97)30-43-11-17-47(88)18-12-43)40-108-107-39-56(69(103)77-54(32-44-13-19-48(89)20-14-44)66(100)78-55(33-45-34-73-50-7-3-2-6-49(45)50)67(101)75-51(64(98)81-62)8-4-5-21-71)79-65(99)53(31-42-9-15-46(16-10-42)86(105)106)74-58(90)35-82-22-24-83(36-59(91)92)26-28-85(38-61(95)96)29-27-84(25-23-82)37-60(93)94;/h2-3,6-7,9-20,34,41,51-57,62,73,87-89H,4-5,8,21-33,35-40,71H2,1H3,(H2,72,97)(H,74,90)(H,75,101)(H,76,102)(H,77,103)(H,78,100)(H,79,99)(H,80,104)(H,81,98)(H,91,92)(H,93,94)(H,95,96);/q;+3/p-3/t41-,51+,52-,53+,54+,55-,56-,57+,62+;/m1./s1/i;1-4. The zero-order chi connectivity index (χ0) is 78.6. The zero-order valence-corrected chi connectivity index (χ0v) is 64.6. The van der Waals surface area contributed by atoms with Crippen molar-refractivity contribution in [3.63, 3.8) is 0 Å². The number of unbranched alkanes of at least 4 members (excludes halogenated alkanes) is 1. The maximum Gasteiger partial charge on any atom is 3.00 e. The van der Waals surface area contributed by atoms with Crippen LogP contribution in [-0.2, 0) is 83.2 Å². The number of nitrogens with two attached hydrogens (primary N) is 2. The van der Waals surface area contributed by atoms with E-state index in [4.69, 9.17) is 11.5 Å². The number of H-pyrrole nitrogens is 1. The summed E-state index contributed by atoms with van der Waals surface area (Å²) in [5.41, 5.74) is 13.5. The van der Waals surface area contributed by atoms with Crippen molar-refractivity contribution in [2.75, 3.05) is 96.6 Å². The van der Waals surface area contributed by atoms with E-state index < -0.39 is 175 Å². The SMILES string of the molecule is C[C@@H](O)[C@@H]1NC(=O)[C@H](CCCCN)NC(=O)[C@@H](Cc2c[nH]c3ccccc23)NC(=O)[C@H](Cc2ccc(O)cc2)NC(=O)[C@H](NC(=O)[C@H](Cc2ccc([N+](=O)[O-])cc2)NC(=O)CN2CCN(CC(=O)[O-])CCN(CC(=O)[O-])CCN(CC(=O)[O-])CC2)CSSC[C@@H](C(=O)N[C@H](Cc2ccc(O)cc2)C(N)=O)NC1=O.[111In+3]. The number of carboxylic acid groups (broad SMARTS) is 3. The van der Waals surface area contributed by atoms with Gasteiger partial charge >= 0.3 is 25.8 Å². The van der Waals surface area contributed by atoms with Gasteiger partial charge in [-0.15, -0.1) is 0 Å². The summed E-state index contributed by atoms with van der Waals surface area (Å²) >= 11 is 0. The molecule has 584 valence electrons. The molecule has 4 aromatic carbocycles. The molecule has 0 radical (unpaired) electrons. The first-order valence-corrected chi connectivity index (χ1v) is 37.2. The van der Waals surface area contributed by atoms with Gasteiger partial charge in [0, 0.05) is 138 Å². The van der Waals surface area contributed by atoms with E-state index in [0.29, 0.717) is 34.0 Å². The van der Waals surface area contributed by atoms with Crippen LogP contribution in [-0.4, -0.2) is 293 Å². The number of fused-ring (bicyclic) bond motifs is 1. The number of aliphatic carboxylic acids is 3. The first-order valence-electron chi connectivity index (χ1n) is 34.7. The van der Waals surface area contributed by atoms with Crippen LogP contribution >= 0.6 is 21.6 Å². The number of aromatic amines is 1. The summed E-state index contributed by atoms with van der Waals surface area (Å²) in [5, 5.41) is 101. The Hall–Kier alpha value is -9.61. The minimum absolute atomic E-state index is 0. The molecule has 2 aliphatic heterocycles. The van der Waals surface area contributed by atoms with Gasteiger partial charge in [-0.1, -0.05) is 76.2 Å². The quantitative estimate of drug-likeness (QED) is 0.00958. The van der Waals surface area contributed by atoms with Crippen LogP contribution in [0.15, 0.2) is 103 Å². The van der Waals surface area contributed by atoms with Gasteiger partial charge in [-0.25, -0.2) is 0 Å². The van der Waals surface area contributed by atoms with E-state index in [1.807, 2.05) is 0 Å². The molecular formula is C70H89InN16O20S2. The molecule has 3 heterocycles. The molecule has 2 aliphatic rings. The number of nitrogens with one attached hydrogen (secondary N) is 9. The molecule has 9 amide bonds. The number of carbonyl (C=O) groups excluding carboxylic acids is 12. The summed E-state index contributed by atoms with van der Waals surface area (Å²) in [7, 11) is 1.64. The van der Waals surface area contributed by atoms with Crippen molar-refractivity contribution in [3.05, 3.63) is 136 Å². The molecule has 0 aliphatic carbocycles. The normalized spacial score (nSPS) is 20.6. The Bertz CT molecular complexity index is 3930. The first kappa shape index (κ1) is 88.3. The second kappa shape index (κ2) is 44.1. The number of para-hydroxylation sites is 1. The van der Waals surface area contributed by atoms with E-state index >= 15 is 19.2 Å². The van der Waals surface area contributed by atoms with Crippen LogP contribution in [0, 0.1) is 10.1 Å². The van der Waals surface area contributed by atoms with Crippen molar-refractivity contribution >= 4 is 135 Å². The third-order valence-corrected chi connectivity index (χ3v) is 20.3. The van der Waals surface area contributed by atoms with Crippen molar-refractivity contribution in [3.8, 4) is 11.5 Å². The third kappa shape index (κ3) is 29.4. The fourth-order valence-electron chi connectivity index (χ4n) is 11.9. The van der Waals surface area contributed by atoms with Gasteiger partial charge in [0.2, 0.25) is 53.2 Å². The number of aromatic nitrogens is 1. The van der Waals surface area contributed by atoms with Crippen molar-refractivity contribution in [1.29, 1.82) is 0 Å². The minimum atomic E-state index is -1.85. The van der Waals surface area contributed by atoms with Crippen LogP contribution in [0.3, 0.4) is 0 Å². The van der Waals surface area contributed by atoms with Crippen LogP contribution in [0.5, 0.6) is 11.5 Å². The molecule has 39 heteroatoms. The summed E-state index contributed by atoms with van der Waals surface area (Å²) in [6.45, 7) is -1.32. The van der Waals surface area contributed by atoms with Crippen molar-refractivity contribution < 1.29 is 93.1 Å². The van der Waals surface area contributed by atoms with Crippen LogP contribution < -0.4 is 69.3 Å². The number of carboxylic acids is 3. The molecule has 0 spiro atoms. The van der Waals surface area contributed by atoms with Gasteiger partial charge in [0.1, 0.15) is 59.8 Å². The molecule has 2 fully saturated rings. The van der Waals surface area contributed by atoms with Gasteiger partial charge in [0.15, 0.2) is 0 Å². The molecule has 0 saturated carbocycles. The maximum absolute atomic E-state index is 15.4. The zero-order valence-electron chi connectivity index (χ0n) is 59.6. The van der Waals surface area contributed by atoms with Crippen LogP contribution in [0.25, 0.3) is 10.9 Å². The Balaban J connectivity index is 0.0000186. The van der Waals surface area contributed by atoms with Crippen LogP contribution in [0.2, 0.25) is 0 Å². The number of nitro groups is 1. The number of non-ortho nitro benzene ring substituents is 1. The Kier molecular flexibility index (Phi) is 35.8. The van der Waals surface area contributed by atoms with Gasteiger partial charge in [-0.2, -0.15) is 0 Å². The molecule has 2 saturated heterocycles. The van der Waals surface area contributed by atoms with Gasteiger partial charge in [-0.3, -0.25) is 72.9 Å². The van der Waals surface area contributed by atoms with Gasteiger partial charge in [-0.05, 0) is 85.3 Å². The summed E-state index contributed by atoms with van der Waals surface area (Å²) in [4.78, 5) is 188. The minimum Gasteiger partial charge on any atom is -0.549 e. The summed E-state index contributed by atoms with van der Waals surface area (Å²) in [6, 6.07) is 9.91. The fraction of sp³-hybridized carbons (Fsp3) is 0.457. The van der Waals surface area contributed by atoms with E-state index in [1.165, 1.54) is 87.2 Å². The van der Waals surface area contributed by atoms with Crippen molar-refractivity contribution in [2.45, 2.75) is 106 Å². The number of hydrogen-bond acceptors (Lipinski definition) is 27. The average Bonchev–Trinajstić information content (AvgIpc) is 1.73. The molecule has 1 aromatic heterocycles. The Labute approximate surface area is 653 Å². The number of amides is 9. The number of aromatic hydroxyl groups is 2. The van der Waals surface area contributed by atoms with E-state index in [9.17, 15) is 79.1 Å². The summed E-state index contributed by atoms with van der Waals surface area (Å²) in [5.74, 6) is -14.7. The topological polar surface area (TPSA) is 555 Å². The molecule has 0 unspecified atom stereocenters. The molecule has 36 nitrogen and oxygen atoms in total. The maximum atomic E-state index is 15.4. The number of nitro benzene ring substituents is 1. The Morgan fingerprint density at radius 1 is 0.587 bits per heavy atom. The molecule has 9 atom stereocenters. The number of rotatable bonds is 28. The molecular weight excluding hydrogens is 1560 g/mol. The second-order valence-corrected chi connectivity index (χ2v) is 28.7. The van der Waals surface area contributed by atoms with Crippen LogP contribution in [0.1, 0.15) is 48.4 Å². The number of aliphatic hydroxyl groups excluding tert-OH is 1. The van der Waals surface area contributed by atoms with Crippen molar-refractivity contribution in [2.24, 2.45) is 11.5 Å². The molecule has 0 bridgehead atoms. The number of benzene rings is 4. The molecule has 16 N–H and O–H groups in total. The number of aliphatic hydroxyl groups is 1. The number of phenols is 2. The van der Waals surface area contributed by atoms with E-state index in [1.54, 1.807) is 30.5 Å². The Morgan fingerprint density at radius 3 is 1.59 bits per heavy atom. The number of primary amides is 1. The van der Waals surface area contributed by atoms with Gasteiger partial charge in [0.05, 0.1) is 35.5 Å². The fourth-order valence-corrected chi connectivity index (χ4v) is 14.3. The van der Waals surface area contributed by atoms with Crippen LogP contribution in [0.4, 0.5) is 5.69 Å². The number of hydrogen-bond donors (Lipinski definition) is 14.